The molecule has 25 heavy (non-hydrogen) atoms. The molecule has 1 atom stereocenters. The monoisotopic (exact) mass is 338 g/mol. The molecule has 1 aromatic carbocycles. The number of halogens is 1. The van der Waals surface area contributed by atoms with E-state index in [-0.39, 0.29) is 22.9 Å². The molecule has 4 heteroatoms. The van der Waals surface area contributed by atoms with Gasteiger partial charge in [0.25, 0.3) is 0 Å². The van der Waals surface area contributed by atoms with E-state index in [1.165, 1.54) is 11.6 Å². The normalized spacial score (nSPS) is 22.0. The fraction of sp³-hybridized carbons (Fsp3) is 0.429. The summed E-state index contributed by atoms with van der Waals surface area (Å²) >= 11 is 0. The van der Waals surface area contributed by atoms with Gasteiger partial charge in [-0.15, -0.1) is 0 Å². The van der Waals surface area contributed by atoms with Crippen LogP contribution in [-0.4, -0.2) is 16.0 Å². The quantitative estimate of drug-likeness (QED) is 0.830. The lowest BCUT2D eigenvalue weighted by atomic mass is 9.64. The van der Waals surface area contributed by atoms with Crippen LogP contribution in [0.1, 0.15) is 60.7 Å². The van der Waals surface area contributed by atoms with Crippen molar-refractivity contribution in [2.45, 2.75) is 52.9 Å². The Balaban J connectivity index is 1.98. The zero-order chi connectivity index (χ0) is 17.9. The van der Waals surface area contributed by atoms with Crippen LogP contribution in [0, 0.1) is 25.1 Å². The molecule has 0 spiro atoms. The summed E-state index contributed by atoms with van der Waals surface area (Å²) in [6, 6.07) is 4.86. The van der Waals surface area contributed by atoms with Crippen LogP contribution in [0.5, 0.6) is 0 Å². The summed E-state index contributed by atoms with van der Waals surface area (Å²) in [6.07, 6.45) is 2.16. The highest BCUT2D eigenvalue weighted by atomic mass is 19.1. The van der Waals surface area contributed by atoms with Gasteiger partial charge in [-0.2, -0.15) is 5.10 Å². The molecule has 1 aromatic heterocycles. The second-order valence-corrected chi connectivity index (χ2v) is 8.28. The maximum Gasteiger partial charge on any atom is 0.160 e. The summed E-state index contributed by atoms with van der Waals surface area (Å²) in [5.74, 6) is -0.275. The van der Waals surface area contributed by atoms with E-state index in [1.54, 1.807) is 12.1 Å². The highest BCUT2D eigenvalue weighted by Gasteiger charge is 2.42. The van der Waals surface area contributed by atoms with E-state index in [1.807, 2.05) is 13.8 Å². The van der Waals surface area contributed by atoms with Crippen molar-refractivity contribution < 1.29 is 9.18 Å². The van der Waals surface area contributed by atoms with Gasteiger partial charge in [-0.05, 0) is 48.9 Å². The van der Waals surface area contributed by atoms with Crippen LogP contribution in [0.2, 0.25) is 0 Å². The van der Waals surface area contributed by atoms with Crippen molar-refractivity contribution in [3.63, 3.8) is 0 Å². The first-order valence-corrected chi connectivity index (χ1v) is 8.82. The van der Waals surface area contributed by atoms with E-state index in [4.69, 9.17) is 0 Å². The van der Waals surface area contributed by atoms with Gasteiger partial charge in [0.15, 0.2) is 5.78 Å². The van der Waals surface area contributed by atoms with Gasteiger partial charge in [-0.25, -0.2) is 4.39 Å². The Morgan fingerprint density at radius 1 is 1.24 bits per heavy atom. The van der Waals surface area contributed by atoms with Crippen molar-refractivity contribution in [2.75, 3.05) is 0 Å². The Bertz CT molecular complexity index is 920. The Kier molecular flexibility index (Phi) is 3.50. The summed E-state index contributed by atoms with van der Waals surface area (Å²) in [7, 11) is 0. The fourth-order valence-corrected chi connectivity index (χ4v) is 4.57. The predicted octanol–water partition coefficient (Wildman–Crippen LogP) is 4.54. The molecule has 2 aromatic rings. The van der Waals surface area contributed by atoms with Crippen LogP contribution in [0.3, 0.4) is 0 Å². The number of rotatable bonds is 1. The van der Waals surface area contributed by atoms with Crippen molar-refractivity contribution in [1.82, 2.24) is 10.2 Å². The topological polar surface area (TPSA) is 45.8 Å². The Morgan fingerprint density at radius 2 is 2.00 bits per heavy atom. The van der Waals surface area contributed by atoms with Crippen LogP contribution < -0.4 is 0 Å². The number of Topliss-reactive ketones (excluding diaryl/α,β-unsaturated/α-hetero) is 1. The van der Waals surface area contributed by atoms with E-state index in [9.17, 15) is 9.18 Å². The highest BCUT2D eigenvalue weighted by Crippen LogP contribution is 2.49. The number of ketones is 1. The SMILES string of the molecule is Cc1ccc(F)cc1C1C2=C(Cc3n[nH]c(C)c31)CC(C)(C)CC2=O. The third-order valence-corrected chi connectivity index (χ3v) is 5.60. The van der Waals surface area contributed by atoms with Gasteiger partial charge in [0, 0.05) is 35.6 Å². The average Bonchev–Trinajstić information content (AvgIpc) is 2.87. The lowest BCUT2D eigenvalue weighted by Crippen LogP contribution is -2.32. The van der Waals surface area contributed by atoms with Crippen LogP contribution in [-0.2, 0) is 11.2 Å². The van der Waals surface area contributed by atoms with Gasteiger partial charge in [-0.3, -0.25) is 9.89 Å². The van der Waals surface area contributed by atoms with Crippen molar-refractivity contribution in [1.29, 1.82) is 0 Å². The van der Waals surface area contributed by atoms with Gasteiger partial charge in [0.2, 0.25) is 0 Å². The smallest absolute Gasteiger partial charge is 0.160 e. The summed E-state index contributed by atoms with van der Waals surface area (Å²) in [5, 5.41) is 7.56. The molecule has 0 amide bonds. The second-order valence-electron chi connectivity index (χ2n) is 8.28. The molecule has 1 unspecified atom stereocenters. The van der Waals surface area contributed by atoms with E-state index < -0.39 is 0 Å². The van der Waals surface area contributed by atoms with E-state index in [0.29, 0.717) is 6.42 Å². The summed E-state index contributed by atoms with van der Waals surface area (Å²) in [5.41, 5.74) is 6.93. The third-order valence-electron chi connectivity index (χ3n) is 5.60. The number of fused-ring (bicyclic) bond motifs is 1. The molecule has 4 rings (SSSR count). The molecule has 2 aliphatic rings. The molecular weight excluding hydrogens is 315 g/mol. The number of allylic oxidation sites excluding steroid dienone is 2. The first-order chi connectivity index (χ1) is 11.8. The molecule has 0 saturated carbocycles. The minimum atomic E-state index is -0.264. The molecule has 1 N–H and O–H groups in total. The summed E-state index contributed by atoms with van der Waals surface area (Å²) in [4.78, 5) is 13.1. The van der Waals surface area contributed by atoms with Gasteiger partial charge in [0.1, 0.15) is 5.82 Å². The van der Waals surface area contributed by atoms with Crippen molar-refractivity contribution >= 4 is 5.78 Å². The number of H-pyrrole nitrogens is 1. The largest absolute Gasteiger partial charge is 0.294 e. The van der Waals surface area contributed by atoms with Crippen molar-refractivity contribution in [3.05, 3.63) is 63.2 Å². The summed E-state index contributed by atoms with van der Waals surface area (Å²) in [6.45, 7) is 8.25. The molecule has 0 radical (unpaired) electrons. The number of aryl methyl sites for hydroxylation is 2. The number of aromatic amines is 1. The zero-order valence-electron chi connectivity index (χ0n) is 15.2. The number of carbonyl (C=O) groups excluding carboxylic acids is 1. The molecular formula is C21H23FN2O. The minimum absolute atomic E-state index is 0.0275. The van der Waals surface area contributed by atoms with Crippen LogP contribution in [0.4, 0.5) is 4.39 Å². The minimum Gasteiger partial charge on any atom is -0.294 e. The number of carbonyl (C=O) groups is 1. The number of benzene rings is 1. The third kappa shape index (κ3) is 2.55. The molecule has 1 heterocycles. The Morgan fingerprint density at radius 3 is 2.76 bits per heavy atom. The standard InChI is InChI=1S/C21H23FN2O/c1-11-5-6-14(22)8-15(11)20-18-12(2)23-24-16(18)7-13-9-21(3,4)10-17(25)19(13)20/h5-6,8,20H,7,9-10H2,1-4H3,(H,23,24). The molecule has 0 aliphatic heterocycles. The molecule has 0 fully saturated rings. The van der Waals surface area contributed by atoms with E-state index in [2.05, 4.69) is 24.0 Å². The van der Waals surface area contributed by atoms with Gasteiger partial charge < -0.3 is 0 Å². The van der Waals surface area contributed by atoms with E-state index >= 15 is 0 Å². The number of hydrogen-bond donors (Lipinski definition) is 1. The Hall–Kier alpha value is -2.23. The Labute approximate surface area is 147 Å². The first-order valence-electron chi connectivity index (χ1n) is 8.82. The number of nitrogens with zero attached hydrogens (tertiary/aromatic N) is 1. The van der Waals surface area contributed by atoms with Crippen LogP contribution >= 0.6 is 0 Å². The van der Waals surface area contributed by atoms with Crippen molar-refractivity contribution in [3.8, 4) is 0 Å². The molecule has 2 aliphatic carbocycles. The van der Waals surface area contributed by atoms with Crippen LogP contribution in [0.25, 0.3) is 0 Å². The fourth-order valence-electron chi connectivity index (χ4n) is 4.57. The maximum absolute atomic E-state index is 14.0. The summed E-state index contributed by atoms with van der Waals surface area (Å²) < 4.78 is 14.0. The number of aromatic nitrogens is 2. The second kappa shape index (κ2) is 5.38. The average molecular weight is 338 g/mol. The van der Waals surface area contributed by atoms with Crippen LogP contribution in [0.15, 0.2) is 29.3 Å². The van der Waals surface area contributed by atoms with Gasteiger partial charge in [-0.1, -0.05) is 25.5 Å². The molecule has 130 valence electrons. The molecule has 0 saturated heterocycles. The lowest BCUT2D eigenvalue weighted by Gasteiger charge is -2.38. The lowest BCUT2D eigenvalue weighted by molar-refractivity contribution is -0.118. The predicted molar refractivity (Wildman–Crippen MR) is 95.1 cm³/mol. The number of hydrogen-bond acceptors (Lipinski definition) is 2. The maximum atomic E-state index is 14.0. The van der Waals surface area contributed by atoms with E-state index in [0.717, 1.165) is 46.5 Å². The van der Waals surface area contributed by atoms with Gasteiger partial charge in [0.05, 0.1) is 5.69 Å². The number of nitrogens with one attached hydrogen (secondary N) is 1. The van der Waals surface area contributed by atoms with Gasteiger partial charge >= 0.3 is 0 Å². The van der Waals surface area contributed by atoms with Crippen molar-refractivity contribution in [2.24, 2.45) is 5.41 Å². The highest BCUT2D eigenvalue weighted by molar-refractivity contribution is 6.00. The zero-order valence-corrected chi connectivity index (χ0v) is 15.2. The molecule has 3 nitrogen and oxygen atoms in total. The molecule has 0 bridgehead atoms. The first kappa shape index (κ1) is 16.2.